The molecule has 0 bridgehead atoms. The van der Waals surface area contributed by atoms with Crippen molar-refractivity contribution in [2.24, 2.45) is 0 Å². The molecule has 0 saturated heterocycles. The van der Waals surface area contributed by atoms with E-state index in [-0.39, 0.29) is 0 Å². The number of rotatable bonds is 6. The summed E-state index contributed by atoms with van der Waals surface area (Å²) in [5.74, 6) is 0. The minimum absolute atomic E-state index is 0.369. The zero-order valence-corrected chi connectivity index (χ0v) is 27.3. The molecule has 0 aliphatic carbocycles. The van der Waals surface area contributed by atoms with Crippen LogP contribution in [0.1, 0.15) is 46.6 Å². The fourth-order valence-electron chi connectivity index (χ4n) is 6.13. The molecule has 0 amide bonds. The van der Waals surface area contributed by atoms with Crippen LogP contribution in [0.2, 0.25) is 0 Å². The highest BCUT2D eigenvalue weighted by molar-refractivity contribution is 6.17. The Morgan fingerprint density at radius 3 is 1.76 bits per heavy atom. The van der Waals surface area contributed by atoms with Crippen LogP contribution >= 0.6 is 0 Å². The highest BCUT2D eigenvalue weighted by atomic mass is 16.3. The molecule has 0 atom stereocenters. The second-order valence-corrected chi connectivity index (χ2v) is 11.5. The molecule has 9 aromatic carbocycles. The first-order valence-corrected chi connectivity index (χ1v) is 16.0. The molecular formula is C52H34N2O. The molecule has 55 heavy (non-hydrogen) atoms. The molecule has 258 valence electrons. The van der Waals surface area contributed by atoms with Crippen molar-refractivity contribution in [1.29, 1.82) is 0 Å². The minimum Gasteiger partial charge on any atom is -0.455 e. The van der Waals surface area contributed by atoms with E-state index < -0.39 is 305 Å². The molecule has 0 saturated carbocycles. The zero-order chi connectivity index (χ0) is 65.9. The predicted octanol–water partition coefficient (Wildman–Crippen LogP) is 14.6. The summed E-state index contributed by atoms with van der Waals surface area (Å²) in [6.07, 6.45) is 0. The Balaban J connectivity index is 1.32. The maximum atomic E-state index is 9.99. The lowest BCUT2D eigenvalue weighted by Crippen LogP contribution is -2.10. The summed E-state index contributed by atoms with van der Waals surface area (Å²) in [5, 5.41) is -3.93. The van der Waals surface area contributed by atoms with Crippen LogP contribution in [0.3, 0.4) is 0 Å². The molecule has 0 aliphatic heterocycles. The van der Waals surface area contributed by atoms with Gasteiger partial charge < -0.3 is 13.9 Å². The van der Waals surface area contributed by atoms with Crippen molar-refractivity contribution in [3.8, 4) is 27.9 Å². The fraction of sp³-hybridized carbons (Fsp3) is 0. The lowest BCUT2D eigenvalue weighted by molar-refractivity contribution is 0.670. The van der Waals surface area contributed by atoms with Gasteiger partial charge >= 0.3 is 0 Å². The van der Waals surface area contributed by atoms with Crippen molar-refractivity contribution in [2.45, 2.75) is 0 Å². The van der Waals surface area contributed by atoms with E-state index in [1.54, 1.807) is 0 Å². The van der Waals surface area contributed by atoms with Gasteiger partial charge in [0.05, 0.1) is 68.7 Å². The molecule has 0 fully saturated rings. The van der Waals surface area contributed by atoms with Crippen LogP contribution in [-0.2, 0) is 0 Å². The first kappa shape index (κ1) is 12.3. The fourth-order valence-corrected chi connectivity index (χ4v) is 6.13. The van der Waals surface area contributed by atoms with Crippen molar-refractivity contribution in [3.05, 3.63) is 205 Å². The highest BCUT2D eigenvalue weighted by Crippen LogP contribution is 2.46. The van der Waals surface area contributed by atoms with Gasteiger partial charge in [0.25, 0.3) is 0 Å². The van der Waals surface area contributed by atoms with Crippen LogP contribution in [0, 0.1) is 0 Å². The van der Waals surface area contributed by atoms with Crippen molar-refractivity contribution >= 4 is 71.6 Å². The molecule has 0 aliphatic rings. The number of anilines is 3. The molecule has 0 unspecified atom stereocenters. The third-order valence-electron chi connectivity index (χ3n) is 8.49. The van der Waals surface area contributed by atoms with Crippen LogP contribution in [0.15, 0.2) is 210 Å². The van der Waals surface area contributed by atoms with Crippen LogP contribution < -0.4 is 4.90 Å². The smallest absolute Gasteiger partial charge is 0.145 e. The normalized spacial score (nSPS) is 20.3. The van der Waals surface area contributed by atoms with Gasteiger partial charge in [-0.15, -0.1) is 0 Å². The zero-order valence-electron chi connectivity index (χ0n) is 61.3. The largest absolute Gasteiger partial charge is 0.455 e. The van der Waals surface area contributed by atoms with Gasteiger partial charge in [-0.25, -0.2) is 0 Å². The first-order valence-electron chi connectivity index (χ1n) is 33.0. The second kappa shape index (κ2) is 12.6. The Morgan fingerprint density at radius 1 is 0.436 bits per heavy atom. The molecule has 0 radical (unpaired) electrons. The summed E-state index contributed by atoms with van der Waals surface area (Å²) in [6.45, 7) is 0. The van der Waals surface area contributed by atoms with Gasteiger partial charge in [0.1, 0.15) is 11.2 Å². The van der Waals surface area contributed by atoms with Crippen LogP contribution in [-0.4, -0.2) is 4.57 Å². The third-order valence-corrected chi connectivity index (χ3v) is 8.49. The van der Waals surface area contributed by atoms with E-state index in [2.05, 4.69) is 0 Å². The summed E-state index contributed by atoms with van der Waals surface area (Å²) in [5.41, 5.74) is -11.1. The summed E-state index contributed by atoms with van der Waals surface area (Å²) < 4.78 is 314. The van der Waals surface area contributed by atoms with E-state index in [0.717, 1.165) is 0 Å². The molecular weight excluding hydrogens is 669 g/mol. The summed E-state index contributed by atoms with van der Waals surface area (Å²) >= 11 is 0. The SMILES string of the molecule is [2H]c1c([2H])c([2H])c(N(c2c([2H])c([2H])c(-c3c([2H])c([2H])c4c([2H])c([2H])c([2H])c([2H])c4c3[2H])c([2H])c2[2H])c2c([2H])c([2H])c(-c3c([2H])c([2H])c(-n4c5c([2H])c([2H])c([2H])c([2H])c5c5c([2H])c([2H])c([2H])c([2H])c54)c([2H])c3[2H])c3oc4c([2H])c([2H])c([2H])c([2H])c4c23)c([2H])c1[2H]. The molecule has 3 heteroatoms. The summed E-state index contributed by atoms with van der Waals surface area (Å²) in [7, 11) is 0. The Morgan fingerprint density at radius 2 is 1.02 bits per heavy atom. The number of hydrogen-bond acceptors (Lipinski definition) is 2. The molecule has 11 rings (SSSR count). The standard InChI is InChI=1S/C52H34N2O/c1-2-14-40(15-3-1)53(41-28-24-36(25-29-41)39-23-22-35-12-4-5-13-38(35)34-39)49-33-32-43(52-51(49)46-18-8-11-21-50(46)55-52)37-26-30-42(31-27-37)54-47-19-9-6-16-44(47)45-17-7-10-20-48(45)54/h1-34H/i1D,2D,3D,4D,5D,6D,7D,8D,9D,10D,11D,12D,13D,14D,15D,16D,17D,18D,19D,20D,21D,22D,23D,24D,25D,26D,27D,28D,29D,30D,31D,32D,33D,34D. The van der Waals surface area contributed by atoms with Gasteiger partial charge in [0.15, 0.2) is 0 Å². The molecule has 3 nitrogen and oxygen atoms in total. The second-order valence-electron chi connectivity index (χ2n) is 11.5. The van der Waals surface area contributed by atoms with Gasteiger partial charge in [0, 0.05) is 38.8 Å². The third kappa shape index (κ3) is 5.13. The number of nitrogens with zero attached hydrogens (tertiary/aromatic N) is 2. The van der Waals surface area contributed by atoms with E-state index in [0.29, 0.717) is 9.47 Å². The van der Waals surface area contributed by atoms with Gasteiger partial charge in [-0.1, -0.05) is 133 Å². The lowest BCUT2D eigenvalue weighted by atomic mass is 9.99. The monoisotopic (exact) mass is 736 g/mol. The number of fused-ring (bicyclic) bond motifs is 7. The molecule has 0 N–H and O–H groups in total. The minimum atomic E-state index is -1.31. The number of benzene rings is 9. The van der Waals surface area contributed by atoms with E-state index in [9.17, 15) is 19.2 Å². The van der Waals surface area contributed by atoms with E-state index in [1.165, 1.54) is 0 Å². The van der Waals surface area contributed by atoms with Crippen LogP contribution in [0.25, 0.3) is 82.5 Å². The van der Waals surface area contributed by atoms with Crippen molar-refractivity contribution < 1.29 is 51.0 Å². The first-order chi connectivity index (χ1) is 41.4. The topological polar surface area (TPSA) is 21.3 Å². The molecule has 0 spiro atoms. The maximum absolute atomic E-state index is 9.99. The van der Waals surface area contributed by atoms with Crippen LogP contribution in [0.5, 0.6) is 0 Å². The van der Waals surface area contributed by atoms with Gasteiger partial charge in [-0.05, 0) is 100.0 Å². The van der Waals surface area contributed by atoms with Gasteiger partial charge in [0.2, 0.25) is 0 Å². The Kier molecular flexibility index (Phi) is 2.84. The van der Waals surface area contributed by atoms with Gasteiger partial charge in [-0.2, -0.15) is 0 Å². The number of hydrogen-bond donors (Lipinski definition) is 0. The highest BCUT2D eigenvalue weighted by Gasteiger charge is 2.22. The average Bonchev–Trinajstić information content (AvgIpc) is 1.65. The van der Waals surface area contributed by atoms with Gasteiger partial charge in [-0.3, -0.25) is 0 Å². The summed E-state index contributed by atoms with van der Waals surface area (Å²) in [4.78, 5) is 0.369. The summed E-state index contributed by atoms with van der Waals surface area (Å²) in [6, 6.07) is -35.3. The van der Waals surface area contributed by atoms with Crippen molar-refractivity contribution in [2.75, 3.05) is 4.90 Å². The maximum Gasteiger partial charge on any atom is 0.145 e. The predicted molar refractivity (Wildman–Crippen MR) is 231 cm³/mol. The molecule has 11 aromatic rings. The van der Waals surface area contributed by atoms with E-state index >= 15 is 0 Å². The van der Waals surface area contributed by atoms with E-state index in [4.69, 9.17) is 31.8 Å². The van der Waals surface area contributed by atoms with Crippen molar-refractivity contribution in [3.63, 3.8) is 0 Å². The Bertz CT molecular complexity index is 5040. The number of aromatic nitrogens is 1. The number of para-hydroxylation sites is 4. The van der Waals surface area contributed by atoms with Crippen LogP contribution in [0.4, 0.5) is 17.1 Å². The van der Waals surface area contributed by atoms with Crippen molar-refractivity contribution in [1.82, 2.24) is 4.57 Å². The molecule has 2 aromatic heterocycles. The number of furan rings is 1. The lowest BCUT2D eigenvalue weighted by Gasteiger charge is -2.27. The van der Waals surface area contributed by atoms with E-state index in [1.807, 2.05) is 0 Å². The average molecular weight is 737 g/mol. The molecule has 2 heterocycles. The quantitative estimate of drug-likeness (QED) is 0.169. The Labute approximate surface area is 366 Å². The Hall–Kier alpha value is -7.36.